The molecule has 0 N–H and O–H groups in total. The zero-order valence-corrected chi connectivity index (χ0v) is 17.4. The van der Waals surface area contributed by atoms with Gasteiger partial charge in [0, 0.05) is 35.9 Å². The van der Waals surface area contributed by atoms with Crippen LogP contribution in [0.5, 0.6) is 11.5 Å². The highest BCUT2D eigenvalue weighted by atomic mass is 35.5. The van der Waals surface area contributed by atoms with Crippen LogP contribution in [0.2, 0.25) is 5.02 Å². The van der Waals surface area contributed by atoms with Crippen molar-refractivity contribution < 1.29 is 14.3 Å². The number of thioether (sulfide) groups is 1. The van der Waals surface area contributed by atoms with Gasteiger partial charge in [-0.05, 0) is 18.2 Å². The molecule has 0 saturated carbocycles. The molecule has 0 aromatic heterocycles. The van der Waals surface area contributed by atoms with Crippen molar-refractivity contribution in [3.8, 4) is 11.5 Å². The molecule has 3 rings (SSSR count). The van der Waals surface area contributed by atoms with Gasteiger partial charge < -0.3 is 19.3 Å². The van der Waals surface area contributed by atoms with Gasteiger partial charge >= 0.3 is 0 Å². The van der Waals surface area contributed by atoms with Gasteiger partial charge in [-0.1, -0.05) is 29.8 Å². The summed E-state index contributed by atoms with van der Waals surface area (Å²) in [6.07, 6.45) is 0. The maximum Gasteiger partial charge on any atom is 0.234 e. The average molecular weight is 407 g/mol. The molecule has 0 bridgehead atoms. The minimum atomic E-state index is -0.128. The maximum absolute atomic E-state index is 12.6. The smallest absolute Gasteiger partial charge is 0.234 e. The van der Waals surface area contributed by atoms with Crippen LogP contribution < -0.4 is 14.4 Å². The second-order valence-corrected chi connectivity index (χ2v) is 7.91. The molecule has 2 aromatic carbocycles. The van der Waals surface area contributed by atoms with Crippen molar-refractivity contribution >= 4 is 35.0 Å². The molecular formula is C20H23ClN2O3S. The number of carbonyl (C=O) groups excluding carboxylic acids is 1. The van der Waals surface area contributed by atoms with Crippen LogP contribution in [0, 0.1) is 0 Å². The Morgan fingerprint density at radius 3 is 2.63 bits per heavy atom. The summed E-state index contributed by atoms with van der Waals surface area (Å²) >= 11 is 8.14. The second-order valence-electron chi connectivity index (χ2n) is 6.44. The van der Waals surface area contributed by atoms with Crippen LogP contribution in [-0.4, -0.2) is 44.9 Å². The number of benzene rings is 2. The predicted molar refractivity (Wildman–Crippen MR) is 111 cm³/mol. The molecule has 2 aromatic rings. The third kappa shape index (κ3) is 3.96. The Morgan fingerprint density at radius 2 is 2.00 bits per heavy atom. The Bertz CT molecular complexity index is 844. The van der Waals surface area contributed by atoms with Crippen LogP contribution >= 0.6 is 23.4 Å². The van der Waals surface area contributed by atoms with E-state index in [0.29, 0.717) is 28.8 Å². The van der Waals surface area contributed by atoms with E-state index < -0.39 is 0 Å². The topological polar surface area (TPSA) is 42.0 Å². The van der Waals surface area contributed by atoms with E-state index in [1.807, 2.05) is 60.3 Å². The molecule has 1 fully saturated rings. The van der Waals surface area contributed by atoms with Gasteiger partial charge in [0.2, 0.25) is 5.91 Å². The van der Waals surface area contributed by atoms with Crippen molar-refractivity contribution in [2.75, 3.05) is 39.0 Å². The van der Waals surface area contributed by atoms with Gasteiger partial charge in [0.05, 0.1) is 26.5 Å². The number of carbonyl (C=O) groups is 1. The highest BCUT2D eigenvalue weighted by Gasteiger charge is 2.34. The zero-order chi connectivity index (χ0) is 19.6. The van der Waals surface area contributed by atoms with E-state index in [9.17, 15) is 4.79 Å². The van der Waals surface area contributed by atoms with E-state index in [1.165, 1.54) is 0 Å². The molecular weight excluding hydrogens is 384 g/mol. The Labute approximate surface area is 169 Å². The Kier molecular flexibility index (Phi) is 6.07. The lowest BCUT2D eigenvalue weighted by atomic mass is 10.1. The molecule has 1 heterocycles. The van der Waals surface area contributed by atoms with Gasteiger partial charge in [-0.15, -0.1) is 11.8 Å². The first kappa shape index (κ1) is 19.7. The minimum absolute atomic E-state index is 0.0858. The van der Waals surface area contributed by atoms with Crippen LogP contribution in [0.3, 0.4) is 0 Å². The molecule has 1 aliphatic rings. The molecule has 1 saturated heterocycles. The van der Waals surface area contributed by atoms with Crippen molar-refractivity contribution in [3.63, 3.8) is 0 Å². The monoisotopic (exact) mass is 406 g/mol. The molecule has 5 nitrogen and oxygen atoms in total. The molecule has 144 valence electrons. The normalized spacial score (nSPS) is 16.6. The second kappa shape index (κ2) is 8.31. The average Bonchev–Trinajstić information content (AvgIpc) is 3.01. The van der Waals surface area contributed by atoms with E-state index in [2.05, 4.69) is 0 Å². The highest BCUT2D eigenvalue weighted by Crippen LogP contribution is 2.44. The van der Waals surface area contributed by atoms with Gasteiger partial charge in [0.15, 0.2) is 11.5 Å². The summed E-state index contributed by atoms with van der Waals surface area (Å²) in [6, 6.07) is 11.7. The van der Waals surface area contributed by atoms with E-state index >= 15 is 0 Å². The molecule has 0 spiro atoms. The molecule has 1 atom stereocenters. The van der Waals surface area contributed by atoms with E-state index in [1.54, 1.807) is 26.0 Å². The number of para-hydroxylation sites is 1. The number of hydrogen-bond donors (Lipinski definition) is 0. The lowest BCUT2D eigenvalue weighted by Crippen LogP contribution is -2.28. The summed E-state index contributed by atoms with van der Waals surface area (Å²) in [5.74, 6) is 1.82. The van der Waals surface area contributed by atoms with Crippen molar-refractivity contribution in [3.05, 3.63) is 52.5 Å². The minimum Gasteiger partial charge on any atom is -0.493 e. The summed E-state index contributed by atoms with van der Waals surface area (Å²) in [5.41, 5.74) is 2.87. The van der Waals surface area contributed by atoms with Crippen LogP contribution in [0.1, 0.15) is 16.5 Å². The van der Waals surface area contributed by atoms with Gasteiger partial charge in [0.1, 0.15) is 5.37 Å². The number of hydrogen-bond acceptors (Lipinski definition) is 5. The zero-order valence-electron chi connectivity index (χ0n) is 15.9. The van der Waals surface area contributed by atoms with Crippen molar-refractivity contribution in [2.24, 2.45) is 0 Å². The Balaban J connectivity index is 1.92. The molecule has 1 amide bonds. The molecule has 7 heteroatoms. The van der Waals surface area contributed by atoms with Gasteiger partial charge in [0.25, 0.3) is 0 Å². The number of amides is 1. The van der Waals surface area contributed by atoms with E-state index in [-0.39, 0.29) is 11.3 Å². The van der Waals surface area contributed by atoms with E-state index in [0.717, 1.165) is 16.8 Å². The van der Waals surface area contributed by atoms with Crippen molar-refractivity contribution in [2.45, 2.75) is 11.9 Å². The van der Waals surface area contributed by atoms with Crippen LogP contribution in [-0.2, 0) is 11.3 Å². The Morgan fingerprint density at radius 1 is 1.22 bits per heavy atom. The number of nitrogens with zero attached hydrogens (tertiary/aromatic N) is 2. The summed E-state index contributed by atoms with van der Waals surface area (Å²) in [4.78, 5) is 16.4. The van der Waals surface area contributed by atoms with Gasteiger partial charge in [-0.3, -0.25) is 4.79 Å². The first-order chi connectivity index (χ1) is 13.0. The molecule has 0 radical (unpaired) electrons. The van der Waals surface area contributed by atoms with Crippen LogP contribution in [0.25, 0.3) is 0 Å². The molecule has 1 aliphatic heterocycles. The first-order valence-electron chi connectivity index (χ1n) is 8.54. The summed E-state index contributed by atoms with van der Waals surface area (Å²) in [7, 11) is 7.16. The quantitative estimate of drug-likeness (QED) is 0.719. The summed E-state index contributed by atoms with van der Waals surface area (Å²) in [5, 5.41) is 0.535. The number of rotatable bonds is 6. The number of ether oxygens (including phenoxy) is 2. The standard InChI is InChI=1S/C20H23ClN2O3S/c1-22(2)14-8-9-15(16(21)10-14)20-23(18(24)12-27-20)11-13-6-5-7-17(25-3)19(13)26-4/h5-10,20H,11-12H2,1-4H3. The largest absolute Gasteiger partial charge is 0.493 e. The number of halogens is 1. The van der Waals surface area contributed by atoms with Gasteiger partial charge in [-0.2, -0.15) is 0 Å². The Hall–Kier alpha value is -2.05. The lowest BCUT2D eigenvalue weighted by Gasteiger charge is -2.26. The van der Waals surface area contributed by atoms with Crippen molar-refractivity contribution in [1.29, 1.82) is 0 Å². The highest BCUT2D eigenvalue weighted by molar-refractivity contribution is 8.00. The van der Waals surface area contributed by atoms with Crippen LogP contribution in [0.4, 0.5) is 5.69 Å². The van der Waals surface area contributed by atoms with E-state index in [4.69, 9.17) is 21.1 Å². The third-order valence-corrected chi connectivity index (χ3v) is 6.12. The summed E-state index contributed by atoms with van der Waals surface area (Å²) in [6.45, 7) is 0.433. The molecule has 1 unspecified atom stereocenters. The fraction of sp³-hybridized carbons (Fsp3) is 0.350. The van der Waals surface area contributed by atoms with Crippen LogP contribution in [0.15, 0.2) is 36.4 Å². The van der Waals surface area contributed by atoms with Crippen molar-refractivity contribution in [1.82, 2.24) is 4.90 Å². The number of methoxy groups -OCH3 is 2. The SMILES string of the molecule is COc1cccc(CN2C(=O)CSC2c2ccc(N(C)C)cc2Cl)c1OC. The molecule has 27 heavy (non-hydrogen) atoms. The maximum atomic E-state index is 12.6. The van der Waals surface area contributed by atoms with Gasteiger partial charge in [-0.25, -0.2) is 0 Å². The fourth-order valence-electron chi connectivity index (χ4n) is 3.14. The summed E-state index contributed by atoms with van der Waals surface area (Å²) < 4.78 is 10.9. The lowest BCUT2D eigenvalue weighted by molar-refractivity contribution is -0.128. The number of anilines is 1. The fourth-order valence-corrected chi connectivity index (χ4v) is 4.71. The predicted octanol–water partition coefficient (Wildman–Crippen LogP) is 4.20. The third-order valence-electron chi connectivity index (χ3n) is 4.56. The molecule has 0 aliphatic carbocycles. The first-order valence-corrected chi connectivity index (χ1v) is 9.96.